The maximum atomic E-state index is 13.7. The molecule has 2 aliphatic rings. The Morgan fingerprint density at radius 2 is 1.00 bits per heavy atom. The van der Waals surface area contributed by atoms with Crippen LogP contribution in [0, 0.1) is 0 Å². The Morgan fingerprint density at radius 1 is 0.667 bits per heavy atom. The first kappa shape index (κ1) is 28.8. The Kier molecular flexibility index (Phi) is 11.4. The Hall–Kier alpha value is -0.210. The summed E-state index contributed by atoms with van der Waals surface area (Å²) in [6.07, 6.45) is 1.73. The number of hydrogen-bond donors (Lipinski definition) is 2. The molecule has 2 N–H and O–H groups in total. The van der Waals surface area contributed by atoms with Gasteiger partial charge in [-0.1, -0.05) is 0 Å². The van der Waals surface area contributed by atoms with Gasteiger partial charge in [-0.05, 0) is 68.0 Å². The van der Waals surface area contributed by atoms with Gasteiger partial charge in [-0.3, -0.25) is 14.6 Å². The summed E-state index contributed by atoms with van der Waals surface area (Å²) in [7, 11) is 0. The minimum atomic E-state index is 0.145. The van der Waals surface area contributed by atoms with Crippen LogP contribution in [0.1, 0.15) is 25.7 Å². The second-order valence-corrected chi connectivity index (χ2v) is 14.3. The minimum absolute atomic E-state index is 0.145. The topological polar surface area (TPSA) is 70.5 Å². The van der Waals surface area contributed by atoms with E-state index >= 15 is 0 Å². The molecule has 0 aliphatic carbocycles. The minimum Gasteiger partial charge on any atom is -0.395 e. The monoisotopic (exact) mass is 662 g/mol. The molecule has 0 spiro atoms. The molecule has 2 saturated heterocycles. The lowest BCUT2D eigenvalue weighted by molar-refractivity contribution is 0.104. The van der Waals surface area contributed by atoms with Crippen molar-refractivity contribution < 1.29 is 15.0 Å². The molecule has 7 nitrogen and oxygen atoms in total. The summed E-state index contributed by atoms with van der Waals surface area (Å²) < 4.78 is 2.01. The number of carbonyl (C=O) groups is 1. The third-order valence-electron chi connectivity index (χ3n) is 7.13. The molecule has 0 saturated carbocycles. The Labute approximate surface area is 238 Å². The molecule has 0 unspecified atom stereocenters. The summed E-state index contributed by atoms with van der Waals surface area (Å²) >= 11 is 10.4. The van der Waals surface area contributed by atoms with Crippen LogP contribution in [-0.2, 0) is 12.8 Å². The number of aliphatic hydroxyl groups excluding tert-OH is 2. The molecule has 2 aromatic heterocycles. The third-order valence-corrected chi connectivity index (χ3v) is 10.5. The van der Waals surface area contributed by atoms with E-state index in [0.29, 0.717) is 0 Å². The fourth-order valence-electron chi connectivity index (χ4n) is 4.96. The van der Waals surface area contributed by atoms with Crippen LogP contribution in [0.15, 0.2) is 19.7 Å². The predicted molar refractivity (Wildman–Crippen MR) is 155 cm³/mol. The number of hydrogen-bond acceptors (Lipinski definition) is 9. The molecule has 200 valence electrons. The van der Waals surface area contributed by atoms with E-state index in [0.717, 1.165) is 120 Å². The van der Waals surface area contributed by atoms with Crippen LogP contribution in [0.2, 0.25) is 0 Å². The highest BCUT2D eigenvalue weighted by Gasteiger charge is 2.24. The molecule has 11 heteroatoms. The van der Waals surface area contributed by atoms with Crippen molar-refractivity contribution in [2.75, 3.05) is 91.8 Å². The summed E-state index contributed by atoms with van der Waals surface area (Å²) in [6, 6.07) is 4.24. The van der Waals surface area contributed by atoms with E-state index < -0.39 is 0 Å². The lowest BCUT2D eigenvalue weighted by Crippen LogP contribution is -2.47. The SMILES string of the molecule is O=C(c1sc(Br)cc1CCN1CCN(CCO)CC1)c1sc(Br)cc1CCN1CCN(CCO)CC1. The van der Waals surface area contributed by atoms with Crippen molar-refractivity contribution in [2.24, 2.45) is 0 Å². The molecular weight excluding hydrogens is 628 g/mol. The Balaban J connectivity index is 1.36. The van der Waals surface area contributed by atoms with Gasteiger partial charge in [-0.15, -0.1) is 22.7 Å². The molecule has 2 fully saturated rings. The van der Waals surface area contributed by atoms with Crippen LogP contribution in [0.3, 0.4) is 0 Å². The molecule has 0 aromatic carbocycles. The van der Waals surface area contributed by atoms with Gasteiger partial charge in [0.25, 0.3) is 0 Å². The number of carbonyl (C=O) groups excluding carboxylic acids is 1. The first-order valence-electron chi connectivity index (χ1n) is 12.7. The van der Waals surface area contributed by atoms with Gasteiger partial charge >= 0.3 is 0 Å². The van der Waals surface area contributed by atoms with Gasteiger partial charge in [-0.2, -0.15) is 0 Å². The summed E-state index contributed by atoms with van der Waals surface area (Å²) in [5.74, 6) is 0.145. The van der Waals surface area contributed by atoms with E-state index in [2.05, 4.69) is 63.6 Å². The lowest BCUT2D eigenvalue weighted by Gasteiger charge is -2.34. The first-order valence-corrected chi connectivity index (χ1v) is 15.9. The summed E-state index contributed by atoms with van der Waals surface area (Å²) in [5, 5.41) is 18.3. The van der Waals surface area contributed by atoms with E-state index in [-0.39, 0.29) is 19.0 Å². The summed E-state index contributed by atoms with van der Waals surface area (Å²) in [4.78, 5) is 25.0. The quantitative estimate of drug-likeness (QED) is 0.339. The van der Waals surface area contributed by atoms with Gasteiger partial charge in [0.15, 0.2) is 0 Å². The number of halogens is 2. The molecule has 0 atom stereocenters. The number of ketones is 1. The zero-order valence-corrected chi connectivity index (χ0v) is 25.4. The van der Waals surface area contributed by atoms with Gasteiger partial charge in [0.05, 0.1) is 30.5 Å². The number of piperazine rings is 2. The summed E-state index contributed by atoms with van der Waals surface area (Å²) in [5.41, 5.74) is 2.26. The molecule has 0 radical (unpaired) electrons. The molecule has 2 aliphatic heterocycles. The highest BCUT2D eigenvalue weighted by molar-refractivity contribution is 9.11. The molecular formula is C25H36Br2N4O3S2. The third kappa shape index (κ3) is 7.91. The second kappa shape index (κ2) is 14.3. The maximum absolute atomic E-state index is 13.7. The average Bonchev–Trinajstić information content (AvgIpc) is 3.45. The van der Waals surface area contributed by atoms with Gasteiger partial charge in [0.2, 0.25) is 5.78 Å². The number of aliphatic hydroxyl groups is 2. The van der Waals surface area contributed by atoms with Gasteiger partial charge in [0.1, 0.15) is 0 Å². The van der Waals surface area contributed by atoms with E-state index in [1.165, 1.54) is 0 Å². The standard InChI is InChI=1S/C25H36Br2N4O3S2/c26-21-17-19(1-3-28-5-9-30(10-6-28)13-15-32)24(35-21)23(34)25-20(18-22(27)36-25)2-4-29-7-11-31(12-8-29)14-16-33/h17-18,32-33H,1-16H2. The maximum Gasteiger partial charge on any atom is 0.213 e. The van der Waals surface area contributed by atoms with Crippen molar-refractivity contribution in [3.8, 4) is 0 Å². The Bertz CT molecular complexity index is 910. The van der Waals surface area contributed by atoms with E-state index in [9.17, 15) is 4.79 Å². The first-order chi connectivity index (χ1) is 17.5. The highest BCUT2D eigenvalue weighted by Crippen LogP contribution is 2.35. The number of rotatable bonds is 12. The van der Waals surface area contributed by atoms with Crippen molar-refractivity contribution in [1.29, 1.82) is 0 Å². The average molecular weight is 665 g/mol. The molecule has 2 aromatic rings. The van der Waals surface area contributed by atoms with E-state index in [1.807, 2.05) is 0 Å². The van der Waals surface area contributed by atoms with Crippen LogP contribution in [0.25, 0.3) is 0 Å². The molecule has 0 amide bonds. The van der Waals surface area contributed by atoms with Crippen LogP contribution in [-0.4, -0.2) is 127 Å². The molecule has 36 heavy (non-hydrogen) atoms. The molecule has 4 heterocycles. The zero-order chi connectivity index (χ0) is 25.5. The number of β-amino-alcohol motifs (C(OH)–C–C–N with tert-alkyl or cyclic N) is 2. The van der Waals surface area contributed by atoms with Gasteiger partial charge in [0, 0.05) is 78.5 Å². The van der Waals surface area contributed by atoms with Gasteiger partial charge in [-0.25, -0.2) is 0 Å². The van der Waals surface area contributed by atoms with Crippen molar-refractivity contribution in [3.05, 3.63) is 40.6 Å². The summed E-state index contributed by atoms with van der Waals surface area (Å²) in [6.45, 7) is 11.8. The fraction of sp³-hybridized carbons (Fsp3) is 0.640. The van der Waals surface area contributed by atoms with Crippen molar-refractivity contribution >= 4 is 60.3 Å². The number of thiophene rings is 2. The number of nitrogens with zero attached hydrogens (tertiary/aromatic N) is 4. The Morgan fingerprint density at radius 3 is 1.33 bits per heavy atom. The predicted octanol–water partition coefficient (Wildman–Crippen LogP) is 2.87. The van der Waals surface area contributed by atoms with Crippen molar-refractivity contribution in [2.45, 2.75) is 12.8 Å². The normalized spacial score (nSPS) is 18.8. The van der Waals surface area contributed by atoms with Crippen LogP contribution in [0.5, 0.6) is 0 Å². The largest absolute Gasteiger partial charge is 0.395 e. The van der Waals surface area contributed by atoms with Crippen LogP contribution < -0.4 is 0 Å². The van der Waals surface area contributed by atoms with E-state index in [4.69, 9.17) is 10.2 Å². The van der Waals surface area contributed by atoms with Crippen LogP contribution in [0.4, 0.5) is 0 Å². The highest BCUT2D eigenvalue weighted by atomic mass is 79.9. The molecule has 0 bridgehead atoms. The zero-order valence-electron chi connectivity index (χ0n) is 20.6. The van der Waals surface area contributed by atoms with E-state index in [1.54, 1.807) is 22.7 Å². The van der Waals surface area contributed by atoms with Gasteiger partial charge < -0.3 is 20.0 Å². The molecule has 4 rings (SSSR count). The fourth-order valence-corrected chi connectivity index (χ4v) is 8.32. The van der Waals surface area contributed by atoms with Crippen molar-refractivity contribution in [3.63, 3.8) is 0 Å². The second-order valence-electron chi connectivity index (χ2n) is 9.45. The van der Waals surface area contributed by atoms with Crippen molar-refractivity contribution in [1.82, 2.24) is 19.6 Å². The smallest absolute Gasteiger partial charge is 0.213 e. The van der Waals surface area contributed by atoms with Crippen LogP contribution >= 0.6 is 54.5 Å². The lowest BCUT2D eigenvalue weighted by atomic mass is 10.1.